The fraction of sp³-hybridized carbons (Fsp3) is 1.00. The summed E-state index contributed by atoms with van der Waals surface area (Å²) in [5.74, 6) is 6.86. The molecule has 0 aliphatic heterocycles. The Balaban J connectivity index is 3.41. The molecule has 0 rings (SSSR count). The zero-order valence-corrected chi connectivity index (χ0v) is 12.2. The van der Waals surface area contributed by atoms with Crippen molar-refractivity contribution in [3.63, 3.8) is 0 Å². The first-order valence-electron chi connectivity index (χ1n) is 4.25. The maximum Gasteiger partial charge on any atom is 0.0228 e. The van der Waals surface area contributed by atoms with Gasteiger partial charge in [0.1, 0.15) is 0 Å². The largest absolute Gasteiger partial charge is 0.179 e. The van der Waals surface area contributed by atoms with E-state index in [4.69, 9.17) is 0 Å². The molecule has 5 heteroatoms. The molecule has 80 valence electrons. The molecule has 0 saturated heterocycles. The Labute approximate surface area is 106 Å². The van der Waals surface area contributed by atoms with Crippen molar-refractivity contribution in [2.24, 2.45) is 0 Å². The normalized spacial score (nSPS) is 13.2. The number of thioether (sulfide) groups is 3. The highest BCUT2D eigenvalue weighted by atomic mass is 32.2. The lowest BCUT2D eigenvalue weighted by atomic mass is 10.5. The van der Waals surface area contributed by atoms with Crippen LogP contribution in [0.1, 0.15) is 0 Å². The van der Waals surface area contributed by atoms with Crippen LogP contribution in [0.5, 0.6) is 0 Å². The molecule has 0 N–H and O–H groups in total. The molecule has 0 aromatic carbocycles. The minimum absolute atomic E-state index is 0.798. The summed E-state index contributed by atoms with van der Waals surface area (Å²) in [5, 5.41) is 0.798. The lowest BCUT2D eigenvalue weighted by Gasteiger charge is -2.13. The van der Waals surface area contributed by atoms with Crippen LogP contribution in [0.3, 0.4) is 0 Å². The van der Waals surface area contributed by atoms with Crippen LogP contribution in [0, 0.1) is 0 Å². The van der Waals surface area contributed by atoms with Crippen molar-refractivity contribution >= 4 is 60.5 Å². The fourth-order valence-corrected chi connectivity index (χ4v) is 4.75. The molecule has 0 fully saturated rings. The van der Waals surface area contributed by atoms with E-state index in [-0.39, 0.29) is 0 Å². The van der Waals surface area contributed by atoms with Gasteiger partial charge in [-0.05, 0) is 17.8 Å². The number of hydrogen-bond acceptors (Lipinski definition) is 5. The maximum absolute atomic E-state index is 4.23. The third-order valence-corrected chi connectivity index (χ3v) is 5.92. The highest BCUT2D eigenvalue weighted by Gasteiger charge is 2.07. The molecular weight excluding hydrogens is 256 g/mol. The number of hydrogen-bond donors (Lipinski definition) is 2. The van der Waals surface area contributed by atoms with E-state index in [0.29, 0.717) is 0 Å². The Hall–Kier alpha value is 1.75. The van der Waals surface area contributed by atoms with Crippen LogP contribution in [0.25, 0.3) is 0 Å². The van der Waals surface area contributed by atoms with Crippen molar-refractivity contribution in [3.8, 4) is 0 Å². The summed E-state index contributed by atoms with van der Waals surface area (Å²) in [6, 6.07) is 0. The SMILES string of the molecule is CSCC(CSCCS)SCCS. The molecule has 0 amide bonds. The molecule has 13 heavy (non-hydrogen) atoms. The lowest BCUT2D eigenvalue weighted by Crippen LogP contribution is -2.11. The van der Waals surface area contributed by atoms with E-state index in [1.165, 1.54) is 23.0 Å². The van der Waals surface area contributed by atoms with Crippen LogP contribution in [-0.4, -0.2) is 46.0 Å². The van der Waals surface area contributed by atoms with E-state index in [0.717, 1.165) is 16.8 Å². The minimum Gasteiger partial charge on any atom is -0.179 e. The molecule has 0 saturated carbocycles. The Morgan fingerprint density at radius 1 is 1.08 bits per heavy atom. The second-order valence-corrected chi connectivity index (χ2v) is 6.83. The summed E-state index contributed by atoms with van der Waals surface area (Å²) in [5.41, 5.74) is 0. The summed E-state index contributed by atoms with van der Waals surface area (Å²) >= 11 is 14.4. The van der Waals surface area contributed by atoms with E-state index in [1.807, 2.05) is 23.5 Å². The topological polar surface area (TPSA) is 0 Å². The summed E-state index contributed by atoms with van der Waals surface area (Å²) < 4.78 is 0. The Bertz CT molecular complexity index is 98.5. The zero-order valence-electron chi connectivity index (χ0n) is 7.94. The first-order valence-corrected chi connectivity index (χ1v) is 9.11. The van der Waals surface area contributed by atoms with Crippen LogP contribution >= 0.6 is 60.5 Å². The fourth-order valence-electron chi connectivity index (χ4n) is 0.829. The van der Waals surface area contributed by atoms with Gasteiger partial charge in [-0.1, -0.05) is 0 Å². The zero-order chi connectivity index (χ0) is 9.94. The Morgan fingerprint density at radius 3 is 2.31 bits per heavy atom. The third-order valence-electron chi connectivity index (χ3n) is 1.34. The molecule has 0 aromatic rings. The predicted octanol–water partition coefficient (Wildman–Crippen LogP) is 3.04. The van der Waals surface area contributed by atoms with Crippen molar-refractivity contribution in [1.29, 1.82) is 0 Å². The second-order valence-electron chi connectivity index (χ2n) is 2.47. The van der Waals surface area contributed by atoms with E-state index in [2.05, 4.69) is 43.3 Å². The molecule has 0 aliphatic carbocycles. The van der Waals surface area contributed by atoms with Gasteiger partial charge in [0.2, 0.25) is 0 Å². The summed E-state index contributed by atoms with van der Waals surface area (Å²) in [4.78, 5) is 0. The standard InChI is InChI=1S/C8H18S5/c1-11-6-8(13-5-3-10)7-12-4-2-9/h8-10H,2-7H2,1H3. The molecule has 1 unspecified atom stereocenters. The second kappa shape index (κ2) is 11.8. The van der Waals surface area contributed by atoms with Gasteiger partial charge in [0.05, 0.1) is 0 Å². The van der Waals surface area contributed by atoms with Gasteiger partial charge in [-0.3, -0.25) is 0 Å². The smallest absolute Gasteiger partial charge is 0.0228 e. The highest BCUT2D eigenvalue weighted by molar-refractivity contribution is 8.05. The van der Waals surface area contributed by atoms with Gasteiger partial charge in [0, 0.05) is 28.3 Å². The molecule has 0 nitrogen and oxygen atoms in total. The van der Waals surface area contributed by atoms with E-state index < -0.39 is 0 Å². The monoisotopic (exact) mass is 274 g/mol. The first kappa shape index (κ1) is 14.8. The van der Waals surface area contributed by atoms with Crippen LogP contribution in [0.2, 0.25) is 0 Å². The average molecular weight is 275 g/mol. The predicted molar refractivity (Wildman–Crippen MR) is 79.7 cm³/mol. The van der Waals surface area contributed by atoms with Crippen LogP contribution in [-0.2, 0) is 0 Å². The van der Waals surface area contributed by atoms with Crippen molar-refractivity contribution in [1.82, 2.24) is 0 Å². The van der Waals surface area contributed by atoms with Crippen molar-refractivity contribution in [2.75, 3.05) is 40.8 Å². The molecule has 0 bridgehead atoms. The van der Waals surface area contributed by atoms with Crippen molar-refractivity contribution in [2.45, 2.75) is 5.25 Å². The molecule has 0 heterocycles. The van der Waals surface area contributed by atoms with E-state index >= 15 is 0 Å². The van der Waals surface area contributed by atoms with Gasteiger partial charge < -0.3 is 0 Å². The van der Waals surface area contributed by atoms with Gasteiger partial charge in [-0.25, -0.2) is 0 Å². The Kier molecular flexibility index (Phi) is 13.4. The van der Waals surface area contributed by atoms with E-state index in [1.54, 1.807) is 0 Å². The molecular formula is C8H18S5. The summed E-state index contributed by atoms with van der Waals surface area (Å²) in [6.07, 6.45) is 2.18. The van der Waals surface area contributed by atoms with Gasteiger partial charge in [-0.15, -0.1) is 0 Å². The molecule has 0 aliphatic rings. The average Bonchev–Trinajstić information content (AvgIpc) is 2.14. The molecule has 0 radical (unpaired) electrons. The van der Waals surface area contributed by atoms with E-state index in [9.17, 15) is 0 Å². The van der Waals surface area contributed by atoms with Gasteiger partial charge >= 0.3 is 0 Å². The lowest BCUT2D eigenvalue weighted by molar-refractivity contribution is 1.15. The first-order chi connectivity index (χ1) is 6.35. The molecule has 0 spiro atoms. The maximum atomic E-state index is 4.23. The van der Waals surface area contributed by atoms with Gasteiger partial charge in [0.25, 0.3) is 0 Å². The van der Waals surface area contributed by atoms with Crippen LogP contribution in [0.4, 0.5) is 0 Å². The summed E-state index contributed by atoms with van der Waals surface area (Å²) in [6.45, 7) is 0. The van der Waals surface area contributed by atoms with Crippen molar-refractivity contribution in [3.05, 3.63) is 0 Å². The quantitative estimate of drug-likeness (QED) is 0.490. The number of thiol groups is 2. The minimum atomic E-state index is 0.798. The molecule has 1 atom stereocenters. The van der Waals surface area contributed by atoms with Crippen LogP contribution in [0.15, 0.2) is 0 Å². The van der Waals surface area contributed by atoms with Gasteiger partial charge in [0.15, 0.2) is 0 Å². The third kappa shape index (κ3) is 10.0. The molecule has 0 aromatic heterocycles. The number of rotatable bonds is 9. The van der Waals surface area contributed by atoms with Gasteiger partial charge in [-0.2, -0.15) is 60.5 Å². The van der Waals surface area contributed by atoms with Crippen molar-refractivity contribution < 1.29 is 0 Å². The van der Waals surface area contributed by atoms with Crippen LogP contribution < -0.4 is 0 Å². The highest BCUT2D eigenvalue weighted by Crippen LogP contribution is 2.20. The Morgan fingerprint density at radius 2 is 1.77 bits per heavy atom. The summed E-state index contributed by atoms with van der Waals surface area (Å²) in [7, 11) is 0.